The van der Waals surface area contributed by atoms with Crippen LogP contribution < -0.4 is 0 Å². The van der Waals surface area contributed by atoms with Crippen LogP contribution in [0.2, 0.25) is 0 Å². The van der Waals surface area contributed by atoms with Crippen molar-refractivity contribution in [3.05, 3.63) is 47.4 Å². The Morgan fingerprint density at radius 1 is 1.24 bits per heavy atom. The van der Waals surface area contributed by atoms with Crippen LogP contribution in [-0.2, 0) is 4.79 Å². The fraction of sp³-hybridized carbons (Fsp3) is 0.526. The van der Waals surface area contributed by atoms with Gasteiger partial charge >= 0.3 is 0 Å². The normalized spacial score (nSPS) is 28.4. The number of hydrogen-bond donors (Lipinski definition) is 0. The van der Waals surface area contributed by atoms with Crippen LogP contribution in [0, 0.1) is 11.7 Å². The van der Waals surface area contributed by atoms with Crippen LogP contribution in [0.25, 0.3) is 0 Å². The third-order valence-corrected chi connectivity index (χ3v) is 5.63. The Kier molecular flexibility index (Phi) is 3.40. The number of hydrogen-bond acceptors (Lipinski definition) is 4. The van der Waals surface area contributed by atoms with Gasteiger partial charge in [0, 0.05) is 18.4 Å². The summed E-state index contributed by atoms with van der Waals surface area (Å²) in [5, 5.41) is 4.12. The van der Waals surface area contributed by atoms with Crippen LogP contribution in [0.15, 0.2) is 28.8 Å². The molecule has 3 unspecified atom stereocenters. The lowest BCUT2D eigenvalue weighted by atomic mass is 10.1. The fourth-order valence-electron chi connectivity index (χ4n) is 3.98. The minimum absolute atomic E-state index is 0.00208. The number of carbonyl (C=O) groups is 1. The van der Waals surface area contributed by atoms with Crippen LogP contribution in [-0.4, -0.2) is 27.5 Å². The van der Waals surface area contributed by atoms with Gasteiger partial charge in [-0.05, 0) is 49.7 Å². The molecule has 2 aromatic rings. The molecule has 1 aromatic heterocycles. The third kappa shape index (κ3) is 2.64. The van der Waals surface area contributed by atoms with Gasteiger partial charge in [-0.3, -0.25) is 4.79 Å². The Morgan fingerprint density at radius 3 is 2.88 bits per heavy atom. The summed E-state index contributed by atoms with van der Waals surface area (Å²) in [5.41, 5.74) is 0.659. The van der Waals surface area contributed by atoms with Crippen molar-refractivity contribution in [2.45, 2.75) is 50.0 Å². The first-order chi connectivity index (χ1) is 12.2. The topological polar surface area (TPSA) is 59.2 Å². The summed E-state index contributed by atoms with van der Waals surface area (Å²) < 4.78 is 19.3. The van der Waals surface area contributed by atoms with Gasteiger partial charge in [0.15, 0.2) is 5.82 Å². The molecule has 0 N–H and O–H groups in total. The maximum absolute atomic E-state index is 14.0. The second kappa shape index (κ2) is 5.64. The summed E-state index contributed by atoms with van der Waals surface area (Å²) in [6, 6.07) is 6.67. The highest BCUT2D eigenvalue weighted by Crippen LogP contribution is 2.50. The molecule has 1 amide bonds. The van der Waals surface area contributed by atoms with Gasteiger partial charge in [0.05, 0.1) is 6.04 Å². The Labute approximate surface area is 145 Å². The Hall–Kier alpha value is -2.24. The van der Waals surface area contributed by atoms with E-state index in [4.69, 9.17) is 4.52 Å². The van der Waals surface area contributed by atoms with Gasteiger partial charge < -0.3 is 9.42 Å². The minimum atomic E-state index is -0.215. The lowest BCUT2D eigenvalue weighted by molar-refractivity contribution is -0.133. The van der Waals surface area contributed by atoms with Gasteiger partial charge in [0.25, 0.3) is 0 Å². The molecule has 0 radical (unpaired) electrons. The van der Waals surface area contributed by atoms with Crippen molar-refractivity contribution < 1.29 is 13.7 Å². The van der Waals surface area contributed by atoms with Crippen LogP contribution in [0.5, 0.6) is 0 Å². The highest BCUT2D eigenvalue weighted by molar-refractivity contribution is 5.83. The second-order valence-electron chi connectivity index (χ2n) is 7.42. The zero-order valence-corrected chi connectivity index (χ0v) is 13.9. The van der Waals surface area contributed by atoms with Crippen LogP contribution >= 0.6 is 0 Å². The molecule has 3 atom stereocenters. The van der Waals surface area contributed by atoms with Crippen LogP contribution in [0.3, 0.4) is 0 Å². The van der Waals surface area contributed by atoms with E-state index < -0.39 is 0 Å². The van der Waals surface area contributed by atoms with Gasteiger partial charge in [0.2, 0.25) is 11.8 Å². The molecule has 0 spiro atoms. The SMILES string of the molecule is O=C(C1CC1c1ccccc1F)N1CCCC1c1noc(C2CC2)n1. The molecule has 2 aliphatic carbocycles. The Balaban J connectivity index is 1.32. The zero-order chi connectivity index (χ0) is 17.0. The average molecular weight is 341 g/mol. The number of rotatable bonds is 4. The summed E-state index contributed by atoms with van der Waals surface area (Å²) in [7, 11) is 0. The molecule has 0 bridgehead atoms. The molecule has 3 aliphatic rings. The predicted octanol–water partition coefficient (Wildman–Crippen LogP) is 3.55. The predicted molar refractivity (Wildman–Crippen MR) is 87.2 cm³/mol. The van der Waals surface area contributed by atoms with Crippen LogP contribution in [0.4, 0.5) is 4.39 Å². The lowest BCUT2D eigenvalue weighted by Crippen LogP contribution is -2.32. The second-order valence-corrected chi connectivity index (χ2v) is 7.42. The fourth-order valence-corrected chi connectivity index (χ4v) is 3.98. The van der Waals surface area contributed by atoms with Crippen molar-refractivity contribution in [1.82, 2.24) is 15.0 Å². The quantitative estimate of drug-likeness (QED) is 0.853. The molecule has 5 nitrogen and oxygen atoms in total. The first kappa shape index (κ1) is 15.0. The average Bonchev–Trinajstić information content (AvgIpc) is 3.52. The standard InChI is InChI=1S/C19H20FN3O2/c20-15-5-2-1-4-12(15)13-10-14(13)19(24)23-9-3-6-16(23)17-21-18(25-22-17)11-7-8-11/h1-2,4-5,11,13-14,16H,3,6-10H2. The first-order valence-corrected chi connectivity index (χ1v) is 9.11. The molecule has 2 saturated carbocycles. The molecule has 2 heterocycles. The summed E-state index contributed by atoms with van der Waals surface area (Å²) in [5.74, 6) is 1.54. The molecule has 5 rings (SSSR count). The molecule has 25 heavy (non-hydrogen) atoms. The van der Waals surface area contributed by atoms with Gasteiger partial charge in [-0.2, -0.15) is 4.98 Å². The summed E-state index contributed by atoms with van der Waals surface area (Å²) in [4.78, 5) is 19.4. The van der Waals surface area contributed by atoms with Gasteiger partial charge in [-0.1, -0.05) is 23.4 Å². The number of halogens is 1. The van der Waals surface area contributed by atoms with Crippen molar-refractivity contribution >= 4 is 5.91 Å². The minimum Gasteiger partial charge on any atom is -0.339 e. The smallest absolute Gasteiger partial charge is 0.229 e. The molecule has 130 valence electrons. The summed E-state index contributed by atoms with van der Waals surface area (Å²) in [6.45, 7) is 0.720. The molecule has 1 aromatic carbocycles. The van der Waals surface area contributed by atoms with E-state index in [9.17, 15) is 9.18 Å². The molecular formula is C19H20FN3O2. The van der Waals surface area contributed by atoms with Gasteiger partial charge in [-0.25, -0.2) is 4.39 Å². The maximum Gasteiger partial charge on any atom is 0.229 e. The van der Waals surface area contributed by atoms with Crippen molar-refractivity contribution in [2.75, 3.05) is 6.54 Å². The number of carbonyl (C=O) groups excluding carboxylic acids is 1. The number of benzene rings is 1. The van der Waals surface area contributed by atoms with Crippen LogP contribution in [0.1, 0.15) is 67.3 Å². The van der Waals surface area contributed by atoms with E-state index in [1.54, 1.807) is 12.1 Å². The van der Waals surface area contributed by atoms with Crippen molar-refractivity contribution in [2.24, 2.45) is 5.92 Å². The Bertz CT molecular complexity index is 817. The number of aromatic nitrogens is 2. The summed E-state index contributed by atoms with van der Waals surface area (Å²) >= 11 is 0. The number of likely N-dealkylation sites (tertiary alicyclic amines) is 1. The highest BCUT2D eigenvalue weighted by atomic mass is 19.1. The van der Waals surface area contributed by atoms with E-state index in [2.05, 4.69) is 10.1 Å². The molecule has 6 heteroatoms. The van der Waals surface area contributed by atoms with Gasteiger partial charge in [-0.15, -0.1) is 0 Å². The summed E-state index contributed by atoms with van der Waals surface area (Å²) in [6.07, 6.45) is 4.76. The monoisotopic (exact) mass is 341 g/mol. The van der Waals surface area contributed by atoms with E-state index in [1.165, 1.54) is 6.07 Å². The molecule has 1 aliphatic heterocycles. The largest absolute Gasteiger partial charge is 0.339 e. The Morgan fingerprint density at radius 2 is 2.08 bits per heavy atom. The third-order valence-electron chi connectivity index (χ3n) is 5.63. The molecular weight excluding hydrogens is 321 g/mol. The molecule has 1 saturated heterocycles. The van der Waals surface area contributed by atoms with Crippen molar-refractivity contribution in [3.8, 4) is 0 Å². The maximum atomic E-state index is 14.0. The van der Waals surface area contributed by atoms with Crippen molar-refractivity contribution in [3.63, 3.8) is 0 Å². The molecule has 3 fully saturated rings. The number of nitrogens with zero attached hydrogens (tertiary/aromatic N) is 3. The van der Waals surface area contributed by atoms with E-state index >= 15 is 0 Å². The zero-order valence-electron chi connectivity index (χ0n) is 13.9. The van der Waals surface area contributed by atoms with Crippen molar-refractivity contribution in [1.29, 1.82) is 0 Å². The highest BCUT2D eigenvalue weighted by Gasteiger charge is 2.49. The van der Waals surface area contributed by atoms with E-state index in [1.807, 2.05) is 11.0 Å². The first-order valence-electron chi connectivity index (χ1n) is 9.11. The van der Waals surface area contributed by atoms with E-state index in [0.29, 0.717) is 23.2 Å². The van der Waals surface area contributed by atoms with E-state index in [0.717, 1.165) is 38.6 Å². The van der Waals surface area contributed by atoms with Gasteiger partial charge in [0.1, 0.15) is 5.82 Å². The lowest BCUT2D eigenvalue weighted by Gasteiger charge is -2.22. The van der Waals surface area contributed by atoms with E-state index in [-0.39, 0.29) is 29.6 Å². The number of amides is 1.